The first-order chi connectivity index (χ1) is 6.86. The summed E-state index contributed by atoms with van der Waals surface area (Å²) in [7, 11) is 1.84. The lowest BCUT2D eigenvalue weighted by Gasteiger charge is -1.88. The highest BCUT2D eigenvalue weighted by Gasteiger charge is 2.04. The summed E-state index contributed by atoms with van der Waals surface area (Å²) in [6.07, 6.45) is 1.68. The normalized spacial score (nSPS) is 11.2. The van der Waals surface area contributed by atoms with Gasteiger partial charge in [-0.05, 0) is 12.1 Å². The fraction of sp³-hybridized carbons (Fsp3) is 0.111. The van der Waals surface area contributed by atoms with Gasteiger partial charge in [0.1, 0.15) is 0 Å². The average molecular weight is 187 g/mol. The summed E-state index contributed by atoms with van der Waals surface area (Å²) >= 11 is 0. The highest BCUT2D eigenvalue weighted by Crippen LogP contribution is 2.19. The van der Waals surface area contributed by atoms with Crippen molar-refractivity contribution in [1.82, 2.24) is 19.9 Å². The first-order valence-corrected chi connectivity index (χ1v) is 4.37. The van der Waals surface area contributed by atoms with Crippen LogP contribution in [0.15, 0.2) is 18.5 Å². The van der Waals surface area contributed by atoms with Crippen LogP contribution in [0.5, 0.6) is 0 Å². The Morgan fingerprint density at radius 1 is 1.21 bits per heavy atom. The Labute approximate surface area is 79.6 Å². The van der Waals surface area contributed by atoms with E-state index in [-0.39, 0.29) is 0 Å². The Morgan fingerprint density at radius 3 is 3.00 bits per heavy atom. The molecule has 3 rings (SSSR count). The third kappa shape index (κ3) is 0.891. The lowest BCUT2D eigenvalue weighted by molar-refractivity contribution is 1.28. The monoisotopic (exact) mass is 187 g/mol. The summed E-state index contributed by atoms with van der Waals surface area (Å²) in [6, 6.07) is 3.96. The fourth-order valence-corrected chi connectivity index (χ4v) is 1.56. The van der Waals surface area contributed by atoms with Crippen LogP contribution in [-0.2, 0) is 0 Å². The lowest BCUT2D eigenvalue weighted by Crippen LogP contribution is -1.88. The average Bonchev–Trinajstić information content (AvgIpc) is 2.77. The molecule has 0 aliphatic heterocycles. The number of benzene rings is 1. The summed E-state index contributed by atoms with van der Waals surface area (Å²) in [5.74, 6) is 0.771. The van der Waals surface area contributed by atoms with Crippen LogP contribution in [0, 0.1) is 0 Å². The van der Waals surface area contributed by atoms with Crippen LogP contribution >= 0.6 is 0 Å². The molecule has 0 radical (unpaired) electrons. The van der Waals surface area contributed by atoms with Crippen LogP contribution in [0.4, 0.5) is 5.95 Å². The summed E-state index contributed by atoms with van der Waals surface area (Å²) in [4.78, 5) is 14.7. The van der Waals surface area contributed by atoms with Gasteiger partial charge >= 0.3 is 0 Å². The first-order valence-electron chi connectivity index (χ1n) is 4.37. The molecule has 0 aliphatic rings. The van der Waals surface area contributed by atoms with Crippen LogP contribution in [0.2, 0.25) is 0 Å². The third-order valence-corrected chi connectivity index (χ3v) is 2.26. The molecule has 2 heterocycles. The number of imidazole rings is 2. The summed E-state index contributed by atoms with van der Waals surface area (Å²) in [5.41, 5.74) is 3.88. The number of aromatic nitrogens is 4. The zero-order valence-corrected chi connectivity index (χ0v) is 7.63. The highest BCUT2D eigenvalue weighted by atomic mass is 15.1. The number of nitrogens with zero attached hydrogens (tertiary/aromatic N) is 2. The van der Waals surface area contributed by atoms with Crippen molar-refractivity contribution in [3.8, 4) is 0 Å². The number of hydrogen-bond donors (Lipinski definition) is 3. The Bertz CT molecular complexity index is 543. The molecule has 0 amide bonds. The molecule has 0 spiro atoms. The first kappa shape index (κ1) is 7.37. The maximum absolute atomic E-state index is 4.34. The molecule has 3 N–H and O–H groups in total. The topological polar surface area (TPSA) is 69.4 Å². The molecule has 0 fully saturated rings. The minimum atomic E-state index is 0.771. The van der Waals surface area contributed by atoms with Gasteiger partial charge in [-0.25, -0.2) is 9.97 Å². The van der Waals surface area contributed by atoms with Crippen LogP contribution in [-0.4, -0.2) is 27.0 Å². The van der Waals surface area contributed by atoms with E-state index in [2.05, 4.69) is 25.3 Å². The van der Waals surface area contributed by atoms with Gasteiger partial charge in [-0.3, -0.25) is 0 Å². The van der Waals surface area contributed by atoms with E-state index in [0.29, 0.717) is 0 Å². The molecule has 2 aromatic heterocycles. The third-order valence-electron chi connectivity index (χ3n) is 2.26. The largest absolute Gasteiger partial charge is 0.359 e. The molecule has 0 saturated carbocycles. The van der Waals surface area contributed by atoms with Gasteiger partial charge < -0.3 is 15.3 Å². The number of aromatic amines is 2. The van der Waals surface area contributed by atoms with E-state index in [4.69, 9.17) is 0 Å². The maximum Gasteiger partial charge on any atom is 0.200 e. The fourth-order valence-electron chi connectivity index (χ4n) is 1.56. The van der Waals surface area contributed by atoms with Gasteiger partial charge in [0.15, 0.2) is 0 Å². The Balaban J connectivity index is 2.40. The Kier molecular flexibility index (Phi) is 1.30. The zero-order valence-electron chi connectivity index (χ0n) is 7.63. The molecule has 14 heavy (non-hydrogen) atoms. The summed E-state index contributed by atoms with van der Waals surface area (Å²) in [5, 5.41) is 2.97. The Hall–Kier alpha value is -2.04. The predicted octanol–water partition coefficient (Wildman–Crippen LogP) is 1.48. The second kappa shape index (κ2) is 2.47. The van der Waals surface area contributed by atoms with Crippen molar-refractivity contribution in [3.63, 3.8) is 0 Å². The van der Waals surface area contributed by atoms with Crippen molar-refractivity contribution >= 4 is 28.0 Å². The van der Waals surface area contributed by atoms with Crippen molar-refractivity contribution in [2.75, 3.05) is 12.4 Å². The van der Waals surface area contributed by atoms with E-state index in [1.165, 1.54) is 0 Å². The molecule has 0 atom stereocenters. The number of fused-ring (bicyclic) bond motifs is 2. The van der Waals surface area contributed by atoms with Gasteiger partial charge in [0, 0.05) is 7.05 Å². The van der Waals surface area contributed by atoms with Crippen molar-refractivity contribution < 1.29 is 0 Å². The quantitative estimate of drug-likeness (QED) is 0.540. The molecule has 0 unspecified atom stereocenters. The predicted molar refractivity (Wildman–Crippen MR) is 55.3 cm³/mol. The Morgan fingerprint density at radius 2 is 2.14 bits per heavy atom. The molecule has 1 aromatic carbocycles. The molecule has 70 valence electrons. The van der Waals surface area contributed by atoms with Crippen LogP contribution in [0.3, 0.4) is 0 Å². The highest BCUT2D eigenvalue weighted by molar-refractivity contribution is 5.91. The van der Waals surface area contributed by atoms with Gasteiger partial charge in [-0.2, -0.15) is 0 Å². The van der Waals surface area contributed by atoms with E-state index in [0.717, 1.165) is 28.0 Å². The van der Waals surface area contributed by atoms with Gasteiger partial charge in [0.2, 0.25) is 5.95 Å². The zero-order chi connectivity index (χ0) is 9.54. The lowest BCUT2D eigenvalue weighted by atomic mass is 10.3. The van der Waals surface area contributed by atoms with Gasteiger partial charge in [-0.1, -0.05) is 0 Å². The van der Waals surface area contributed by atoms with E-state index in [1.807, 2.05) is 19.2 Å². The smallest absolute Gasteiger partial charge is 0.200 e. The van der Waals surface area contributed by atoms with Crippen molar-refractivity contribution in [1.29, 1.82) is 0 Å². The maximum atomic E-state index is 4.34. The molecular weight excluding hydrogens is 178 g/mol. The molecule has 0 saturated heterocycles. The number of hydrogen-bond acceptors (Lipinski definition) is 3. The van der Waals surface area contributed by atoms with Gasteiger partial charge in [-0.15, -0.1) is 0 Å². The molecule has 5 heteroatoms. The van der Waals surface area contributed by atoms with Crippen molar-refractivity contribution in [3.05, 3.63) is 18.5 Å². The molecular formula is C9H9N5. The summed E-state index contributed by atoms with van der Waals surface area (Å²) in [6.45, 7) is 0. The SMILES string of the molecule is CNc1nc2cc3nc[nH]c3cc2[nH]1. The second-order valence-electron chi connectivity index (χ2n) is 3.12. The van der Waals surface area contributed by atoms with Crippen LogP contribution in [0.1, 0.15) is 0 Å². The number of nitrogens with one attached hydrogen (secondary N) is 3. The summed E-state index contributed by atoms with van der Waals surface area (Å²) < 4.78 is 0. The number of H-pyrrole nitrogens is 2. The van der Waals surface area contributed by atoms with E-state index >= 15 is 0 Å². The second-order valence-corrected chi connectivity index (χ2v) is 3.12. The van der Waals surface area contributed by atoms with E-state index in [9.17, 15) is 0 Å². The molecule has 0 bridgehead atoms. The van der Waals surface area contributed by atoms with Crippen molar-refractivity contribution in [2.45, 2.75) is 0 Å². The standard InChI is InChI=1S/C9H9N5/c1-10-9-13-7-2-5-6(12-4-11-5)3-8(7)14-9/h2-4H,1H3,(H,11,12)(H2,10,13,14). The number of rotatable bonds is 1. The molecule has 5 nitrogen and oxygen atoms in total. The van der Waals surface area contributed by atoms with Gasteiger partial charge in [0.05, 0.1) is 28.4 Å². The minimum absolute atomic E-state index is 0.771. The van der Waals surface area contributed by atoms with Crippen LogP contribution < -0.4 is 5.32 Å². The molecule has 0 aliphatic carbocycles. The van der Waals surface area contributed by atoms with Crippen LogP contribution in [0.25, 0.3) is 22.1 Å². The van der Waals surface area contributed by atoms with Crippen molar-refractivity contribution in [2.24, 2.45) is 0 Å². The minimum Gasteiger partial charge on any atom is -0.359 e. The van der Waals surface area contributed by atoms with E-state index in [1.54, 1.807) is 6.33 Å². The van der Waals surface area contributed by atoms with Gasteiger partial charge in [0.25, 0.3) is 0 Å². The molecule has 3 aromatic rings. The van der Waals surface area contributed by atoms with E-state index < -0.39 is 0 Å². The number of anilines is 1.